The molecule has 10 heteroatoms. The number of fused-ring (bicyclic) bond motifs is 6. The van der Waals surface area contributed by atoms with Crippen LogP contribution in [0.2, 0.25) is 0 Å². The molecule has 0 fully saturated rings. The van der Waals surface area contributed by atoms with Crippen molar-refractivity contribution in [2.75, 3.05) is 9.80 Å². The molecule has 4 aliphatic carbocycles. The Labute approximate surface area is 457 Å². The fourth-order valence-electron chi connectivity index (χ4n) is 14.0. The highest BCUT2D eigenvalue weighted by Gasteiger charge is 2.66. The summed E-state index contributed by atoms with van der Waals surface area (Å²) in [5.74, 6) is 0. The van der Waals surface area contributed by atoms with Crippen LogP contribution in [0.5, 0.6) is 0 Å². The molecule has 2 atom stereocenters. The molecule has 11 aromatic rings. The quantitative estimate of drug-likeness (QED) is 0.142. The summed E-state index contributed by atoms with van der Waals surface area (Å²) in [6.07, 6.45) is 7.73. The van der Waals surface area contributed by atoms with Crippen LogP contribution in [0.15, 0.2) is 224 Å². The first kappa shape index (κ1) is 45.9. The molecule has 0 bridgehead atoms. The predicted octanol–water partition coefficient (Wildman–Crippen LogP) is 8.47. The van der Waals surface area contributed by atoms with E-state index in [4.69, 9.17) is 54.9 Å². The number of hydrogen-bond acceptors (Lipinski definition) is 2. The van der Waals surface area contributed by atoms with E-state index in [9.17, 15) is 0 Å². The molecule has 342 valence electrons. The molecule has 0 aliphatic heterocycles. The summed E-state index contributed by atoms with van der Waals surface area (Å²) in [5, 5.41) is 4.32. The van der Waals surface area contributed by atoms with E-state index in [1.165, 1.54) is 5.56 Å². The molecule has 4 aliphatic rings. The average molecular weight is 961 g/mol. The van der Waals surface area contributed by atoms with Crippen LogP contribution in [0.25, 0.3) is 49.8 Å². The van der Waals surface area contributed by atoms with Gasteiger partial charge in [-0.3, -0.25) is 0 Å². The van der Waals surface area contributed by atoms with Gasteiger partial charge in [0.1, 0.15) is 54.9 Å². The zero-order chi connectivity index (χ0) is 52.1. The molecule has 3 nitrogen and oxygen atoms in total. The summed E-state index contributed by atoms with van der Waals surface area (Å²) in [5.41, 5.74) is 15.7. The fraction of sp³-hybridized carbons (Fsp3) is 0.0448. The minimum atomic E-state index is -1.22. The lowest BCUT2D eigenvalue weighted by Crippen LogP contribution is -2.56. The van der Waals surface area contributed by atoms with Crippen LogP contribution in [-0.2, 0) is 10.8 Å². The van der Waals surface area contributed by atoms with Gasteiger partial charge in [0, 0.05) is 50.8 Å². The third kappa shape index (κ3) is 6.02. The van der Waals surface area contributed by atoms with Gasteiger partial charge < -0.3 is 14.4 Å². The molecule has 0 N–H and O–H groups in total. The average Bonchev–Trinajstić information content (AvgIpc) is 2.68. The van der Waals surface area contributed by atoms with Crippen molar-refractivity contribution >= 4 is 166 Å². The minimum Gasteiger partial charge on any atom is -0.313 e. The largest absolute Gasteiger partial charge is 0.313 e. The Balaban J connectivity index is 1.17. The van der Waals surface area contributed by atoms with E-state index >= 15 is 0 Å². The third-order valence-corrected chi connectivity index (χ3v) is 17.0. The number of anilines is 5. The van der Waals surface area contributed by atoms with E-state index in [0.717, 1.165) is 95.0 Å². The van der Waals surface area contributed by atoms with Crippen LogP contribution in [0.4, 0.5) is 28.4 Å². The van der Waals surface area contributed by atoms with Crippen LogP contribution >= 0.6 is 0 Å². The Morgan fingerprint density at radius 2 is 0.974 bits per heavy atom. The molecule has 1 spiro atoms. The van der Waals surface area contributed by atoms with Gasteiger partial charge in [-0.15, -0.1) is 16.4 Å². The lowest BCUT2D eigenvalue weighted by atomic mass is 9.48. The molecule has 1 heterocycles. The van der Waals surface area contributed by atoms with Gasteiger partial charge in [-0.2, -0.15) is 0 Å². The lowest BCUT2D eigenvalue weighted by molar-refractivity contribution is 0.517. The van der Waals surface area contributed by atoms with Crippen molar-refractivity contribution in [3.63, 3.8) is 0 Å². The molecule has 0 saturated heterocycles. The van der Waals surface area contributed by atoms with Crippen molar-refractivity contribution < 1.29 is 0 Å². The maximum Gasteiger partial charge on any atom is 0.113 e. The maximum atomic E-state index is 7.79. The smallest absolute Gasteiger partial charge is 0.113 e. The summed E-state index contributed by atoms with van der Waals surface area (Å²) in [7, 11) is 50.5. The molecule has 15 rings (SSSR count). The van der Waals surface area contributed by atoms with Crippen LogP contribution in [-0.4, -0.2) is 59.5 Å². The normalized spacial score (nSPS) is 17.5. The van der Waals surface area contributed by atoms with Gasteiger partial charge in [0.15, 0.2) is 0 Å². The Hall–Kier alpha value is -8.47. The first-order chi connectivity index (χ1) is 37.6. The highest BCUT2D eigenvalue weighted by molar-refractivity contribution is 6.71. The third-order valence-electron chi connectivity index (χ3n) is 17.0. The Bertz CT molecular complexity index is 4410. The molecular formula is C67H38B7N3. The van der Waals surface area contributed by atoms with E-state index in [2.05, 4.69) is 221 Å². The van der Waals surface area contributed by atoms with Crippen molar-refractivity contribution in [2.24, 2.45) is 0 Å². The number of hydrogen-bond donors (Lipinski definition) is 0. The molecule has 1 aromatic heterocycles. The van der Waals surface area contributed by atoms with E-state index < -0.39 is 10.8 Å². The van der Waals surface area contributed by atoms with E-state index in [1.807, 2.05) is 12.1 Å². The zero-order valence-electron chi connectivity index (χ0n) is 41.9. The van der Waals surface area contributed by atoms with Crippen LogP contribution in [0, 0.1) is 0 Å². The Morgan fingerprint density at radius 3 is 1.64 bits per heavy atom. The minimum absolute atomic E-state index is 0.137. The molecule has 2 unspecified atom stereocenters. The second-order valence-electron chi connectivity index (χ2n) is 20.7. The summed E-state index contributed by atoms with van der Waals surface area (Å²) in [6, 6.07) is 71.2. The number of benzene rings is 10. The van der Waals surface area contributed by atoms with Gasteiger partial charge in [0.25, 0.3) is 0 Å². The van der Waals surface area contributed by atoms with Gasteiger partial charge in [0.05, 0.1) is 22.0 Å². The fourth-order valence-corrected chi connectivity index (χ4v) is 14.0. The second kappa shape index (κ2) is 16.8. The van der Waals surface area contributed by atoms with E-state index in [-0.39, 0.29) is 38.2 Å². The molecular weight excluding hydrogens is 922 g/mol. The summed E-state index contributed by atoms with van der Waals surface area (Å²) < 4.78 is 2.42. The first-order valence-corrected chi connectivity index (χ1v) is 25.9. The molecule has 14 radical (unpaired) electrons. The van der Waals surface area contributed by atoms with Crippen molar-refractivity contribution in [3.05, 3.63) is 257 Å². The number of rotatable bonds is 8. The lowest BCUT2D eigenvalue weighted by Gasteiger charge is -2.52. The van der Waals surface area contributed by atoms with E-state index in [0.29, 0.717) is 22.8 Å². The second-order valence-corrected chi connectivity index (χ2v) is 20.7. The monoisotopic (exact) mass is 961 g/mol. The van der Waals surface area contributed by atoms with Crippen LogP contribution < -0.4 is 48.0 Å². The Kier molecular flexibility index (Phi) is 9.99. The molecule has 77 heavy (non-hydrogen) atoms. The Morgan fingerprint density at radius 1 is 0.416 bits per heavy atom. The highest BCUT2D eigenvalue weighted by atomic mass is 15.2. The summed E-state index contributed by atoms with van der Waals surface area (Å²) in [4.78, 5) is 4.79. The van der Waals surface area contributed by atoms with Gasteiger partial charge in [0.2, 0.25) is 0 Å². The van der Waals surface area contributed by atoms with Gasteiger partial charge in [-0.05, 0) is 152 Å². The van der Waals surface area contributed by atoms with Crippen molar-refractivity contribution in [2.45, 2.75) is 17.3 Å². The van der Waals surface area contributed by atoms with Gasteiger partial charge in [-0.1, -0.05) is 149 Å². The molecule has 0 saturated carbocycles. The number of para-hydroxylation sites is 4. The summed E-state index contributed by atoms with van der Waals surface area (Å²) >= 11 is 0. The number of allylic oxidation sites excluding steroid dienone is 4. The van der Waals surface area contributed by atoms with Crippen LogP contribution in [0.3, 0.4) is 0 Å². The van der Waals surface area contributed by atoms with Gasteiger partial charge >= 0.3 is 0 Å². The molecule has 10 aromatic carbocycles. The number of aromatic nitrogens is 1. The SMILES string of the molecule is [B]c1c([B])c([B])c2c(C34C5=C(C=C(N(c6ccccc6)c6ccc7ccccc7c6)C56CC=Cc5c6c6c3cccc6n5-c3ccccc3)c3cc(N(c5ccccc5)c5ccccc5)ccc34)c([B])c([B])c([B])c2c1[B]. The topological polar surface area (TPSA) is 11.4 Å². The van der Waals surface area contributed by atoms with Crippen LogP contribution in [0.1, 0.15) is 39.9 Å². The van der Waals surface area contributed by atoms with E-state index in [1.54, 1.807) is 0 Å². The van der Waals surface area contributed by atoms with Crippen molar-refractivity contribution in [3.8, 4) is 5.69 Å². The van der Waals surface area contributed by atoms with Gasteiger partial charge in [-0.25, -0.2) is 0 Å². The predicted molar refractivity (Wildman–Crippen MR) is 329 cm³/mol. The summed E-state index contributed by atoms with van der Waals surface area (Å²) in [6.45, 7) is 0. The standard InChI is InChI=1S/C67H38B7N3/c68-58-54-55(60(70)64(74)63(58)73)59(69)62(72)61(71)57(54)67-48-33-32-45(75(40-19-5-1-6-20-40)41-21-7-2-8-22-41)36-46(48)47-37-52(76(42-23-9-3-10-24-42)44-31-30-38-17-13-14-18-39(38)35-44)66(65(47)67)34-16-29-51-56(66)53-49(67)27-15-28-50(53)77(51)43-25-11-4-12-26-43/h1-33,35-37H,34H2. The molecule has 0 amide bonds. The maximum absolute atomic E-state index is 7.79. The zero-order valence-corrected chi connectivity index (χ0v) is 41.9. The van der Waals surface area contributed by atoms with Crippen molar-refractivity contribution in [1.29, 1.82) is 0 Å². The van der Waals surface area contributed by atoms with Crippen molar-refractivity contribution in [1.82, 2.24) is 4.57 Å². The first-order valence-electron chi connectivity index (χ1n) is 25.9. The highest BCUT2D eigenvalue weighted by Crippen LogP contribution is 2.73. The number of nitrogens with zero attached hydrogens (tertiary/aromatic N) is 3.